The largest absolute Gasteiger partial charge is 0.378 e. The minimum absolute atomic E-state index is 0.578. The van der Waals surface area contributed by atoms with Crippen molar-refractivity contribution in [2.45, 2.75) is 83.7 Å². The zero-order chi connectivity index (χ0) is 10.8. The highest BCUT2D eigenvalue weighted by molar-refractivity contribution is 4.62. The summed E-state index contributed by atoms with van der Waals surface area (Å²) in [6.07, 6.45) is 15.7. The molecule has 0 aromatic rings. The van der Waals surface area contributed by atoms with E-state index < -0.39 is 0 Å². The molecule has 0 saturated heterocycles. The van der Waals surface area contributed by atoms with Gasteiger partial charge in [-0.15, -0.1) is 0 Å². The molecule has 1 nitrogen and oxygen atoms in total. The van der Waals surface area contributed by atoms with Crippen molar-refractivity contribution in [1.29, 1.82) is 0 Å². The van der Waals surface area contributed by atoms with Crippen LogP contribution in [0.1, 0.15) is 77.6 Å². The van der Waals surface area contributed by atoms with Crippen LogP contribution in [-0.4, -0.2) is 12.7 Å². The fraction of sp³-hybridized carbons (Fsp3) is 1.00. The van der Waals surface area contributed by atoms with E-state index in [2.05, 4.69) is 6.92 Å². The lowest BCUT2D eigenvalue weighted by molar-refractivity contribution is 0.0358. The first-order valence-corrected chi connectivity index (χ1v) is 7.05. The molecule has 1 rings (SSSR count). The standard InChI is InChI=1S/C14H28O/c1-2-3-13-15-14-11-9-7-5-4-6-8-10-12-14/h14H,2-13H2,1H3. The summed E-state index contributed by atoms with van der Waals surface area (Å²) in [5.74, 6) is 0. The van der Waals surface area contributed by atoms with E-state index in [1.807, 2.05) is 0 Å². The zero-order valence-corrected chi connectivity index (χ0v) is 10.5. The van der Waals surface area contributed by atoms with Crippen molar-refractivity contribution in [1.82, 2.24) is 0 Å². The molecule has 0 atom stereocenters. The minimum atomic E-state index is 0.578. The predicted molar refractivity (Wildman–Crippen MR) is 66.2 cm³/mol. The Labute approximate surface area is 95.6 Å². The van der Waals surface area contributed by atoms with Crippen LogP contribution in [0.4, 0.5) is 0 Å². The van der Waals surface area contributed by atoms with E-state index in [0.717, 1.165) is 6.61 Å². The Morgan fingerprint density at radius 1 is 0.867 bits per heavy atom. The minimum Gasteiger partial charge on any atom is -0.378 e. The molecule has 1 fully saturated rings. The van der Waals surface area contributed by atoms with Gasteiger partial charge in [-0.3, -0.25) is 0 Å². The lowest BCUT2D eigenvalue weighted by atomic mass is 9.99. The van der Waals surface area contributed by atoms with Crippen molar-refractivity contribution < 1.29 is 4.74 Å². The molecule has 0 spiro atoms. The third-order valence-electron chi connectivity index (χ3n) is 3.40. The average molecular weight is 212 g/mol. The van der Waals surface area contributed by atoms with Crippen LogP contribution in [0, 0.1) is 0 Å². The number of rotatable bonds is 4. The fourth-order valence-electron chi connectivity index (χ4n) is 2.33. The fourth-order valence-corrected chi connectivity index (χ4v) is 2.33. The van der Waals surface area contributed by atoms with Gasteiger partial charge in [0.15, 0.2) is 0 Å². The summed E-state index contributed by atoms with van der Waals surface area (Å²) in [5.41, 5.74) is 0. The van der Waals surface area contributed by atoms with Gasteiger partial charge in [0.05, 0.1) is 6.10 Å². The van der Waals surface area contributed by atoms with Crippen LogP contribution in [0.15, 0.2) is 0 Å². The van der Waals surface area contributed by atoms with Crippen LogP contribution >= 0.6 is 0 Å². The molecule has 0 unspecified atom stereocenters. The highest BCUT2D eigenvalue weighted by atomic mass is 16.5. The smallest absolute Gasteiger partial charge is 0.0575 e. The molecular formula is C14H28O. The number of unbranched alkanes of at least 4 members (excludes halogenated alkanes) is 1. The maximum atomic E-state index is 5.96. The highest BCUT2D eigenvalue weighted by Gasteiger charge is 2.09. The Bertz CT molecular complexity index is 121. The van der Waals surface area contributed by atoms with E-state index in [1.54, 1.807) is 0 Å². The van der Waals surface area contributed by atoms with E-state index in [-0.39, 0.29) is 0 Å². The lowest BCUT2D eigenvalue weighted by Gasteiger charge is -2.19. The summed E-state index contributed by atoms with van der Waals surface area (Å²) >= 11 is 0. The molecule has 0 heterocycles. The monoisotopic (exact) mass is 212 g/mol. The van der Waals surface area contributed by atoms with Crippen LogP contribution < -0.4 is 0 Å². The maximum absolute atomic E-state index is 5.96. The molecule has 15 heavy (non-hydrogen) atoms. The zero-order valence-electron chi connectivity index (χ0n) is 10.5. The van der Waals surface area contributed by atoms with E-state index in [0.29, 0.717) is 6.10 Å². The molecule has 0 N–H and O–H groups in total. The van der Waals surface area contributed by atoms with Gasteiger partial charge in [0.2, 0.25) is 0 Å². The van der Waals surface area contributed by atoms with Crippen LogP contribution in [0.2, 0.25) is 0 Å². The summed E-state index contributed by atoms with van der Waals surface area (Å²) < 4.78 is 5.96. The van der Waals surface area contributed by atoms with Crippen molar-refractivity contribution in [2.24, 2.45) is 0 Å². The first kappa shape index (κ1) is 13.0. The summed E-state index contributed by atoms with van der Waals surface area (Å²) in [5, 5.41) is 0. The van der Waals surface area contributed by atoms with Gasteiger partial charge in [-0.2, -0.15) is 0 Å². The lowest BCUT2D eigenvalue weighted by Crippen LogP contribution is -2.14. The molecule has 1 heteroatoms. The molecule has 1 aliphatic carbocycles. The van der Waals surface area contributed by atoms with Crippen molar-refractivity contribution in [3.8, 4) is 0 Å². The average Bonchev–Trinajstić information content (AvgIpc) is 2.27. The molecular weight excluding hydrogens is 184 g/mol. The Morgan fingerprint density at radius 3 is 1.93 bits per heavy atom. The number of hydrogen-bond acceptors (Lipinski definition) is 1. The van der Waals surface area contributed by atoms with Gasteiger partial charge in [-0.25, -0.2) is 0 Å². The molecule has 0 aromatic carbocycles. The Kier molecular flexibility index (Phi) is 7.99. The van der Waals surface area contributed by atoms with Gasteiger partial charge >= 0.3 is 0 Å². The first-order valence-electron chi connectivity index (χ1n) is 7.05. The first-order chi connectivity index (χ1) is 7.43. The quantitative estimate of drug-likeness (QED) is 0.614. The van der Waals surface area contributed by atoms with Crippen molar-refractivity contribution in [3.05, 3.63) is 0 Å². The Morgan fingerprint density at radius 2 is 1.40 bits per heavy atom. The Balaban J connectivity index is 2.13. The van der Waals surface area contributed by atoms with Crippen LogP contribution in [0.3, 0.4) is 0 Å². The van der Waals surface area contributed by atoms with Gasteiger partial charge < -0.3 is 4.74 Å². The van der Waals surface area contributed by atoms with E-state index in [4.69, 9.17) is 4.74 Å². The molecule has 0 bridgehead atoms. The van der Waals surface area contributed by atoms with Crippen molar-refractivity contribution in [3.63, 3.8) is 0 Å². The number of ether oxygens (including phenoxy) is 1. The van der Waals surface area contributed by atoms with E-state index in [9.17, 15) is 0 Å². The molecule has 1 saturated carbocycles. The van der Waals surface area contributed by atoms with Gasteiger partial charge in [0, 0.05) is 6.61 Å². The Hall–Kier alpha value is -0.0400. The third kappa shape index (κ3) is 6.94. The van der Waals surface area contributed by atoms with Crippen LogP contribution in [-0.2, 0) is 4.74 Å². The summed E-state index contributed by atoms with van der Waals surface area (Å²) in [7, 11) is 0. The predicted octanol–water partition coefficient (Wildman–Crippen LogP) is 4.70. The molecule has 0 amide bonds. The van der Waals surface area contributed by atoms with Gasteiger partial charge in [-0.05, 0) is 19.3 Å². The van der Waals surface area contributed by atoms with E-state index >= 15 is 0 Å². The van der Waals surface area contributed by atoms with Crippen LogP contribution in [0.25, 0.3) is 0 Å². The van der Waals surface area contributed by atoms with Gasteiger partial charge in [0.1, 0.15) is 0 Å². The maximum Gasteiger partial charge on any atom is 0.0575 e. The summed E-state index contributed by atoms with van der Waals surface area (Å²) in [6, 6.07) is 0. The second kappa shape index (κ2) is 9.21. The molecule has 0 aromatic heterocycles. The van der Waals surface area contributed by atoms with Crippen LogP contribution in [0.5, 0.6) is 0 Å². The normalized spacial score (nSPS) is 21.4. The van der Waals surface area contributed by atoms with Gasteiger partial charge in [0.25, 0.3) is 0 Å². The van der Waals surface area contributed by atoms with Gasteiger partial charge in [-0.1, -0.05) is 58.3 Å². The summed E-state index contributed by atoms with van der Waals surface area (Å²) in [6.45, 7) is 3.22. The SMILES string of the molecule is CCCCOC1CCCCCCCCC1. The second-order valence-corrected chi connectivity index (χ2v) is 4.90. The van der Waals surface area contributed by atoms with Crippen molar-refractivity contribution in [2.75, 3.05) is 6.61 Å². The summed E-state index contributed by atoms with van der Waals surface area (Å²) in [4.78, 5) is 0. The topological polar surface area (TPSA) is 9.23 Å². The molecule has 0 aliphatic heterocycles. The van der Waals surface area contributed by atoms with E-state index in [1.165, 1.54) is 70.6 Å². The third-order valence-corrected chi connectivity index (χ3v) is 3.40. The van der Waals surface area contributed by atoms with Crippen molar-refractivity contribution >= 4 is 0 Å². The molecule has 1 aliphatic rings. The second-order valence-electron chi connectivity index (χ2n) is 4.90. The highest BCUT2D eigenvalue weighted by Crippen LogP contribution is 2.19. The molecule has 0 radical (unpaired) electrons. The molecule has 90 valence electrons. The number of hydrogen-bond donors (Lipinski definition) is 0.